The average Bonchev–Trinajstić information content (AvgIpc) is 2.67. The number of carbonyl (C=O) groups is 2. The molecule has 1 heterocycles. The van der Waals surface area contributed by atoms with E-state index in [1.165, 1.54) is 23.1 Å². The highest BCUT2D eigenvalue weighted by atomic mass is 19.1. The Balaban J connectivity index is 2.04. The van der Waals surface area contributed by atoms with Crippen molar-refractivity contribution in [3.8, 4) is 0 Å². The molecule has 1 aliphatic rings. The quantitative estimate of drug-likeness (QED) is 0.773. The highest BCUT2D eigenvalue weighted by Crippen LogP contribution is 2.32. The van der Waals surface area contributed by atoms with Crippen molar-refractivity contribution >= 4 is 17.4 Å². The number of para-hydroxylation sites is 1. The maximum atomic E-state index is 13.8. The van der Waals surface area contributed by atoms with Crippen molar-refractivity contribution < 1.29 is 14.0 Å². The number of benzene rings is 2. The minimum atomic E-state index is -0.677. The van der Waals surface area contributed by atoms with Crippen LogP contribution in [0, 0.1) is 5.82 Å². The summed E-state index contributed by atoms with van der Waals surface area (Å²) in [7, 11) is 0. The van der Waals surface area contributed by atoms with Crippen LogP contribution in [0.25, 0.3) is 0 Å². The summed E-state index contributed by atoms with van der Waals surface area (Å²) in [4.78, 5) is 24.9. The zero-order valence-corrected chi connectivity index (χ0v) is 9.97. The fourth-order valence-corrected chi connectivity index (χ4v) is 2.23. The summed E-state index contributed by atoms with van der Waals surface area (Å²) < 4.78 is 13.8. The van der Waals surface area contributed by atoms with E-state index in [0.717, 1.165) is 5.56 Å². The van der Waals surface area contributed by atoms with E-state index in [1.807, 2.05) is 30.3 Å². The van der Waals surface area contributed by atoms with E-state index >= 15 is 0 Å². The molecule has 3 rings (SSSR count). The molecule has 0 spiro atoms. The van der Waals surface area contributed by atoms with Crippen molar-refractivity contribution in [2.45, 2.75) is 6.54 Å². The normalized spacial score (nSPS) is 13.8. The molecule has 0 radical (unpaired) electrons. The number of hydrogen-bond donors (Lipinski definition) is 0. The molecule has 0 bridgehead atoms. The van der Waals surface area contributed by atoms with Crippen LogP contribution in [0.5, 0.6) is 0 Å². The van der Waals surface area contributed by atoms with Crippen molar-refractivity contribution in [2.24, 2.45) is 0 Å². The van der Waals surface area contributed by atoms with Gasteiger partial charge in [0, 0.05) is 0 Å². The van der Waals surface area contributed by atoms with E-state index in [1.54, 1.807) is 0 Å². The summed E-state index contributed by atoms with van der Waals surface area (Å²) in [6, 6.07) is 13.3. The zero-order valence-electron chi connectivity index (χ0n) is 9.97. The fourth-order valence-electron chi connectivity index (χ4n) is 2.23. The zero-order chi connectivity index (χ0) is 13.4. The standard InChI is InChI=1S/C15H10FNO2/c16-12-8-4-7-11-13(12)17(15(19)14(11)18)9-10-5-2-1-3-6-10/h1-8H,9H2. The molecule has 4 heteroatoms. The van der Waals surface area contributed by atoms with Crippen LogP contribution in [-0.4, -0.2) is 11.7 Å². The predicted molar refractivity (Wildman–Crippen MR) is 68.4 cm³/mol. The molecule has 3 nitrogen and oxygen atoms in total. The molecule has 0 aromatic heterocycles. The van der Waals surface area contributed by atoms with E-state index in [0.29, 0.717) is 0 Å². The summed E-state index contributed by atoms with van der Waals surface area (Å²) in [5.74, 6) is -1.87. The number of rotatable bonds is 2. The van der Waals surface area contributed by atoms with Crippen LogP contribution in [0.3, 0.4) is 0 Å². The van der Waals surface area contributed by atoms with Gasteiger partial charge in [0.15, 0.2) is 0 Å². The predicted octanol–water partition coefficient (Wildman–Crippen LogP) is 2.56. The molecule has 2 aromatic rings. The molecule has 0 saturated carbocycles. The highest BCUT2D eigenvalue weighted by Gasteiger charge is 2.37. The van der Waals surface area contributed by atoms with Gasteiger partial charge in [-0.2, -0.15) is 0 Å². The summed E-state index contributed by atoms with van der Waals surface area (Å²) in [6.07, 6.45) is 0. The molecule has 19 heavy (non-hydrogen) atoms. The summed E-state index contributed by atoms with van der Waals surface area (Å²) in [5, 5.41) is 0. The van der Waals surface area contributed by atoms with Gasteiger partial charge in [0.25, 0.3) is 11.7 Å². The Morgan fingerprint density at radius 1 is 0.947 bits per heavy atom. The third-order valence-corrected chi connectivity index (χ3v) is 3.12. The van der Waals surface area contributed by atoms with E-state index in [4.69, 9.17) is 0 Å². The molecule has 1 aliphatic heterocycles. The molecule has 0 N–H and O–H groups in total. The van der Waals surface area contributed by atoms with Crippen molar-refractivity contribution in [1.29, 1.82) is 0 Å². The lowest BCUT2D eigenvalue weighted by Crippen LogP contribution is -2.29. The van der Waals surface area contributed by atoms with Gasteiger partial charge in [0.2, 0.25) is 0 Å². The van der Waals surface area contributed by atoms with Crippen molar-refractivity contribution in [2.75, 3.05) is 4.90 Å². The summed E-state index contributed by atoms with van der Waals surface area (Å²) in [6.45, 7) is 0.194. The Kier molecular flexibility index (Phi) is 2.63. The lowest BCUT2D eigenvalue weighted by molar-refractivity contribution is -0.114. The van der Waals surface area contributed by atoms with Gasteiger partial charge in [-0.1, -0.05) is 36.4 Å². The number of hydrogen-bond acceptors (Lipinski definition) is 2. The summed E-state index contributed by atoms with van der Waals surface area (Å²) >= 11 is 0. The van der Waals surface area contributed by atoms with Crippen molar-refractivity contribution in [3.05, 3.63) is 65.5 Å². The Bertz CT molecular complexity index is 667. The van der Waals surface area contributed by atoms with Gasteiger partial charge >= 0.3 is 0 Å². The second-order valence-corrected chi connectivity index (χ2v) is 4.34. The molecule has 0 saturated heterocycles. The SMILES string of the molecule is O=C1C(=O)N(Cc2ccccc2)c2c(F)cccc21. The number of halogens is 1. The monoisotopic (exact) mass is 255 g/mol. The maximum absolute atomic E-state index is 13.8. The number of carbonyl (C=O) groups excluding carboxylic acids is 2. The van der Waals surface area contributed by atoms with Crippen molar-refractivity contribution in [1.82, 2.24) is 0 Å². The minimum Gasteiger partial charge on any atom is -0.298 e. The molecule has 0 fully saturated rings. The highest BCUT2D eigenvalue weighted by molar-refractivity contribution is 6.52. The number of fused-ring (bicyclic) bond motifs is 1. The lowest BCUT2D eigenvalue weighted by Gasteiger charge is -2.16. The first-order valence-corrected chi connectivity index (χ1v) is 5.87. The first-order chi connectivity index (χ1) is 9.18. The van der Waals surface area contributed by atoms with Gasteiger partial charge in [0.05, 0.1) is 17.8 Å². The van der Waals surface area contributed by atoms with Crippen LogP contribution in [-0.2, 0) is 11.3 Å². The second-order valence-electron chi connectivity index (χ2n) is 4.34. The van der Waals surface area contributed by atoms with Gasteiger partial charge in [-0.05, 0) is 17.7 Å². The number of nitrogens with zero attached hydrogens (tertiary/aromatic N) is 1. The van der Waals surface area contributed by atoms with Gasteiger partial charge in [-0.25, -0.2) is 4.39 Å². The number of anilines is 1. The second kappa shape index (κ2) is 4.31. The van der Waals surface area contributed by atoms with Gasteiger partial charge in [0.1, 0.15) is 5.82 Å². The molecule has 0 atom stereocenters. The molecule has 0 unspecified atom stereocenters. The van der Waals surface area contributed by atoms with Gasteiger partial charge in [-0.3, -0.25) is 14.5 Å². The van der Waals surface area contributed by atoms with Crippen LogP contribution in [0.2, 0.25) is 0 Å². The Labute approximate surface area is 109 Å². The molecule has 2 aromatic carbocycles. The molecular weight excluding hydrogens is 245 g/mol. The molecular formula is C15H10FNO2. The van der Waals surface area contributed by atoms with E-state index in [-0.39, 0.29) is 17.8 Å². The minimum absolute atomic E-state index is 0.0846. The molecule has 1 amide bonds. The van der Waals surface area contributed by atoms with Crippen LogP contribution >= 0.6 is 0 Å². The first kappa shape index (κ1) is 11.6. The smallest absolute Gasteiger partial charge is 0.298 e. The lowest BCUT2D eigenvalue weighted by atomic mass is 10.1. The number of amides is 1. The molecule has 94 valence electrons. The number of Topliss-reactive ketones (excluding diaryl/α,β-unsaturated/α-hetero) is 1. The third kappa shape index (κ3) is 1.81. The van der Waals surface area contributed by atoms with E-state index < -0.39 is 17.5 Å². The van der Waals surface area contributed by atoms with Gasteiger partial charge < -0.3 is 0 Å². The Hall–Kier alpha value is -2.49. The van der Waals surface area contributed by atoms with Crippen LogP contribution in [0.1, 0.15) is 15.9 Å². The van der Waals surface area contributed by atoms with Crippen LogP contribution in [0.15, 0.2) is 48.5 Å². The Morgan fingerprint density at radius 2 is 1.68 bits per heavy atom. The van der Waals surface area contributed by atoms with Crippen molar-refractivity contribution in [3.63, 3.8) is 0 Å². The topological polar surface area (TPSA) is 37.4 Å². The third-order valence-electron chi connectivity index (χ3n) is 3.12. The summed E-state index contributed by atoms with van der Waals surface area (Å²) in [5.41, 5.74) is 1.07. The van der Waals surface area contributed by atoms with E-state index in [2.05, 4.69) is 0 Å². The van der Waals surface area contributed by atoms with Crippen LogP contribution < -0.4 is 4.90 Å². The molecule has 0 aliphatic carbocycles. The fraction of sp³-hybridized carbons (Fsp3) is 0.0667. The van der Waals surface area contributed by atoms with Gasteiger partial charge in [-0.15, -0.1) is 0 Å². The van der Waals surface area contributed by atoms with E-state index in [9.17, 15) is 14.0 Å². The largest absolute Gasteiger partial charge is 0.299 e. The maximum Gasteiger partial charge on any atom is 0.299 e. The first-order valence-electron chi connectivity index (χ1n) is 5.87. The van der Waals surface area contributed by atoms with Crippen LogP contribution in [0.4, 0.5) is 10.1 Å². The average molecular weight is 255 g/mol. The number of ketones is 1. The Morgan fingerprint density at radius 3 is 2.42 bits per heavy atom.